The van der Waals surface area contributed by atoms with Gasteiger partial charge < -0.3 is 27.5 Å². The van der Waals surface area contributed by atoms with Crippen molar-refractivity contribution in [1.82, 2.24) is 0 Å². The molecule has 336 valence electrons. The predicted molar refractivity (Wildman–Crippen MR) is 248 cm³/mol. The number of ether oxygens (including phenoxy) is 3. The highest BCUT2D eigenvalue weighted by Gasteiger charge is 2.51. The first-order chi connectivity index (χ1) is 29.2. The summed E-state index contributed by atoms with van der Waals surface area (Å²) in [5.41, 5.74) is 2.18. The highest BCUT2D eigenvalue weighted by molar-refractivity contribution is 6.61. The van der Waals surface area contributed by atoms with Crippen LogP contribution in [0.3, 0.4) is 0 Å². The highest BCUT2D eigenvalue weighted by Crippen LogP contribution is 2.58. The van der Waals surface area contributed by atoms with Gasteiger partial charge in [0, 0.05) is 33.5 Å². The van der Waals surface area contributed by atoms with E-state index in [4.69, 9.17) is 27.5 Å². The molecule has 7 rings (SSSR count). The summed E-state index contributed by atoms with van der Waals surface area (Å²) in [5, 5.41) is 1.39. The van der Waals surface area contributed by atoms with Crippen LogP contribution >= 0.6 is 0 Å². The second kappa shape index (κ2) is 16.5. The van der Waals surface area contributed by atoms with Gasteiger partial charge in [-0.3, -0.25) is 0 Å². The zero-order valence-corrected chi connectivity index (χ0v) is 40.1. The lowest BCUT2D eigenvalue weighted by Gasteiger charge is -2.44. The molecule has 0 bridgehead atoms. The molecule has 5 aromatic rings. The number of halogens is 3. The van der Waals surface area contributed by atoms with E-state index in [2.05, 4.69) is 27.7 Å². The molecule has 0 saturated heterocycles. The summed E-state index contributed by atoms with van der Waals surface area (Å²) in [6, 6.07) is 24.0. The molecule has 63 heavy (non-hydrogen) atoms. The largest absolute Gasteiger partial charge is 0.502 e. The zero-order chi connectivity index (χ0) is 46.0. The Morgan fingerprint density at radius 1 is 0.619 bits per heavy atom. The van der Waals surface area contributed by atoms with Crippen molar-refractivity contribution in [3.63, 3.8) is 0 Å². The van der Waals surface area contributed by atoms with Crippen molar-refractivity contribution in [2.45, 2.75) is 136 Å². The summed E-state index contributed by atoms with van der Waals surface area (Å²) in [4.78, 5) is 0. The number of hydrogen-bond acceptors (Lipinski definition) is 6. The summed E-state index contributed by atoms with van der Waals surface area (Å²) in [7, 11) is -3.20. The van der Waals surface area contributed by atoms with Crippen LogP contribution in [-0.4, -0.2) is 44.4 Å². The zero-order valence-electron chi connectivity index (χ0n) is 39.1. The van der Waals surface area contributed by atoms with Crippen LogP contribution in [0.2, 0.25) is 6.04 Å². The first-order valence-electron chi connectivity index (χ1n) is 21.9. The van der Waals surface area contributed by atoms with Crippen molar-refractivity contribution in [1.29, 1.82) is 0 Å². The van der Waals surface area contributed by atoms with Crippen LogP contribution in [0.1, 0.15) is 124 Å². The van der Waals surface area contributed by atoms with Crippen LogP contribution < -0.4 is 9.47 Å². The maximum absolute atomic E-state index is 15.2. The summed E-state index contributed by atoms with van der Waals surface area (Å²) < 4.78 is 84.3. The minimum atomic E-state index is -3.20. The standard InChI is InChI=1S/C53H63F3O6Si/c1-48(2,3)60-63(61-49(4,5)6,62-50(7,8)9)31-28-51(10,11)58-30-29-57-39-22-16-35(17-23-39)53(34-14-18-36(54)19-15-34)27-26-42-46-45(40-24-20-37(55)32-43(40)47(42)59-53)41-25-21-38(56)33-44(41)52(46,12)13/h14-27,32-33H,28-31H2,1-13H3. The molecule has 0 amide bonds. The van der Waals surface area contributed by atoms with Gasteiger partial charge in [-0.1, -0.05) is 56.3 Å². The molecule has 10 heteroatoms. The third-order valence-corrected chi connectivity index (χ3v) is 15.0. The fourth-order valence-electron chi connectivity index (χ4n) is 9.02. The Labute approximate surface area is 373 Å². The average Bonchev–Trinajstić information content (AvgIpc) is 3.40. The fourth-order valence-corrected chi connectivity index (χ4v) is 13.2. The maximum atomic E-state index is 15.2. The molecule has 0 aromatic heterocycles. The quantitative estimate of drug-likeness (QED) is 0.0867. The molecule has 1 heterocycles. The van der Waals surface area contributed by atoms with Crippen LogP contribution in [0.4, 0.5) is 13.2 Å². The minimum Gasteiger partial charge on any atom is -0.491 e. The van der Waals surface area contributed by atoms with Crippen molar-refractivity contribution in [3.8, 4) is 22.6 Å². The van der Waals surface area contributed by atoms with E-state index in [0.717, 1.165) is 38.8 Å². The van der Waals surface area contributed by atoms with Crippen LogP contribution in [0, 0.1) is 17.5 Å². The van der Waals surface area contributed by atoms with Gasteiger partial charge in [0.05, 0.1) is 29.0 Å². The highest BCUT2D eigenvalue weighted by atomic mass is 28.4. The molecule has 1 atom stereocenters. The first-order valence-corrected chi connectivity index (χ1v) is 23.9. The minimum absolute atomic E-state index is 0.304. The topological polar surface area (TPSA) is 55.4 Å². The van der Waals surface area contributed by atoms with Crippen molar-refractivity contribution in [2.24, 2.45) is 0 Å². The average molecular weight is 881 g/mol. The van der Waals surface area contributed by atoms with Crippen LogP contribution in [-0.2, 0) is 29.0 Å². The molecule has 1 unspecified atom stereocenters. The third kappa shape index (κ3) is 9.96. The number of fused-ring (bicyclic) bond motifs is 8. The lowest BCUT2D eigenvalue weighted by molar-refractivity contribution is -0.0823. The van der Waals surface area contributed by atoms with E-state index in [1.165, 1.54) is 30.3 Å². The molecular formula is C53H63F3O6Si. The maximum Gasteiger partial charge on any atom is 0.502 e. The number of benzene rings is 5. The van der Waals surface area contributed by atoms with Crippen LogP contribution in [0.25, 0.3) is 28.0 Å². The molecular weight excluding hydrogens is 818 g/mol. The summed E-state index contributed by atoms with van der Waals surface area (Å²) in [6.07, 6.45) is 4.64. The molecule has 0 saturated carbocycles. The van der Waals surface area contributed by atoms with E-state index in [1.54, 1.807) is 24.3 Å². The summed E-state index contributed by atoms with van der Waals surface area (Å²) in [6.45, 7) is 27.2. The molecule has 0 radical (unpaired) electrons. The monoisotopic (exact) mass is 880 g/mol. The molecule has 1 aliphatic heterocycles. The number of hydrogen-bond donors (Lipinski definition) is 0. The van der Waals surface area contributed by atoms with Gasteiger partial charge in [-0.2, -0.15) is 0 Å². The van der Waals surface area contributed by atoms with Crippen molar-refractivity contribution >= 4 is 25.7 Å². The summed E-state index contributed by atoms with van der Waals surface area (Å²) >= 11 is 0. The van der Waals surface area contributed by atoms with E-state index in [-0.39, 0.29) is 11.6 Å². The van der Waals surface area contributed by atoms with E-state index < -0.39 is 48.0 Å². The molecule has 0 fully saturated rings. The van der Waals surface area contributed by atoms with E-state index >= 15 is 4.39 Å². The van der Waals surface area contributed by atoms with Gasteiger partial charge in [0.25, 0.3) is 0 Å². The number of rotatable bonds is 13. The Morgan fingerprint density at radius 2 is 1.16 bits per heavy atom. The lowest BCUT2D eigenvalue weighted by atomic mass is 9.77. The van der Waals surface area contributed by atoms with E-state index in [9.17, 15) is 8.78 Å². The lowest BCUT2D eigenvalue weighted by Crippen LogP contribution is -2.57. The van der Waals surface area contributed by atoms with Crippen LogP contribution in [0.5, 0.6) is 11.5 Å². The van der Waals surface area contributed by atoms with Crippen LogP contribution in [0.15, 0.2) is 91.0 Å². The van der Waals surface area contributed by atoms with E-state index in [0.29, 0.717) is 48.1 Å². The van der Waals surface area contributed by atoms with Gasteiger partial charge in [-0.05, 0) is 165 Å². The summed E-state index contributed by atoms with van der Waals surface area (Å²) in [5.74, 6) is 0.0278. The molecule has 5 aromatic carbocycles. The Balaban J connectivity index is 1.13. The Kier molecular flexibility index (Phi) is 12.2. The molecule has 1 aliphatic carbocycles. The third-order valence-electron chi connectivity index (χ3n) is 11.4. The normalized spacial score (nSPS) is 17.3. The Bertz CT molecular complexity index is 2470. The van der Waals surface area contributed by atoms with Crippen molar-refractivity contribution < 1.29 is 40.7 Å². The van der Waals surface area contributed by atoms with Gasteiger partial charge in [0.2, 0.25) is 0 Å². The molecule has 2 aliphatic rings. The SMILES string of the molecule is CC(C)(C)O[Si](CCC(C)(C)OCCOc1ccc(C2(c3ccc(F)cc3)C=Cc3c4c(c5ccc(F)cc5c3O2)-c2ccc(F)cc2C4(C)C)cc1)(OC(C)(C)C)OC(C)(C)C. The second-order valence-electron chi connectivity index (χ2n) is 21.0. The van der Waals surface area contributed by atoms with E-state index in [1.807, 2.05) is 105 Å². The molecule has 6 nitrogen and oxygen atoms in total. The smallest absolute Gasteiger partial charge is 0.491 e. The second-order valence-corrected chi connectivity index (χ2v) is 23.5. The van der Waals surface area contributed by atoms with Gasteiger partial charge in [0.15, 0.2) is 5.60 Å². The van der Waals surface area contributed by atoms with Gasteiger partial charge in [-0.25, -0.2) is 13.2 Å². The molecule has 0 spiro atoms. The Morgan fingerprint density at radius 3 is 1.75 bits per heavy atom. The molecule has 0 N–H and O–H groups in total. The van der Waals surface area contributed by atoms with Crippen molar-refractivity contribution in [3.05, 3.63) is 136 Å². The fraction of sp³-hybridized carbons (Fsp3) is 0.434. The van der Waals surface area contributed by atoms with Gasteiger partial charge in [0.1, 0.15) is 35.6 Å². The van der Waals surface area contributed by atoms with Gasteiger partial charge in [-0.15, -0.1) is 0 Å². The predicted octanol–water partition coefficient (Wildman–Crippen LogP) is 13.9. The Hall–Kier alpha value is -4.45. The van der Waals surface area contributed by atoms with Gasteiger partial charge >= 0.3 is 8.80 Å². The van der Waals surface area contributed by atoms with Crippen molar-refractivity contribution in [2.75, 3.05) is 13.2 Å². The first kappa shape index (κ1) is 46.5.